The Labute approximate surface area is 159 Å². The Morgan fingerprint density at radius 1 is 1.07 bits per heavy atom. The lowest BCUT2D eigenvalue weighted by Gasteiger charge is -2.24. The minimum absolute atomic E-state index is 0.0148. The van der Waals surface area contributed by atoms with Crippen LogP contribution in [0.5, 0.6) is 0 Å². The number of hydrogen-bond acceptors (Lipinski definition) is 3. The lowest BCUT2D eigenvalue weighted by atomic mass is 10.1. The maximum atomic E-state index is 12.2. The van der Waals surface area contributed by atoms with Crippen LogP contribution in [0.1, 0.15) is 24.5 Å². The summed E-state index contributed by atoms with van der Waals surface area (Å²) in [6.07, 6.45) is 4.05. The Hall–Kier alpha value is -3.14. The Morgan fingerprint density at radius 2 is 1.85 bits per heavy atom. The lowest BCUT2D eigenvalue weighted by molar-refractivity contribution is -0.116. The molecule has 1 atom stereocenters. The van der Waals surface area contributed by atoms with Crippen LogP contribution in [0.15, 0.2) is 72.9 Å². The molecule has 136 valence electrons. The number of para-hydroxylation sites is 1. The quantitative estimate of drug-likeness (QED) is 0.718. The van der Waals surface area contributed by atoms with Crippen LogP contribution in [0.2, 0.25) is 0 Å². The Balaban J connectivity index is 1.40. The largest absolute Gasteiger partial charge is 0.337 e. The third kappa shape index (κ3) is 3.85. The van der Waals surface area contributed by atoms with Crippen LogP contribution < -0.4 is 10.2 Å². The summed E-state index contributed by atoms with van der Waals surface area (Å²) in [6.45, 7) is 2.22. The topological polar surface area (TPSA) is 45.2 Å². The van der Waals surface area contributed by atoms with E-state index in [-0.39, 0.29) is 5.91 Å². The predicted molar refractivity (Wildman–Crippen MR) is 109 cm³/mol. The summed E-state index contributed by atoms with van der Waals surface area (Å²) in [5.41, 5.74) is 4.82. The molecule has 1 unspecified atom stereocenters. The van der Waals surface area contributed by atoms with Gasteiger partial charge in [0.2, 0.25) is 5.91 Å². The molecule has 0 saturated heterocycles. The van der Waals surface area contributed by atoms with Gasteiger partial charge in [-0.25, -0.2) is 4.98 Å². The zero-order valence-corrected chi connectivity index (χ0v) is 15.4. The molecule has 27 heavy (non-hydrogen) atoms. The molecular weight excluding hydrogens is 334 g/mol. The third-order valence-electron chi connectivity index (χ3n) is 4.98. The van der Waals surface area contributed by atoms with Crippen LogP contribution in [0.4, 0.5) is 17.2 Å². The number of benzene rings is 2. The minimum atomic E-state index is -0.0148. The second-order valence-corrected chi connectivity index (χ2v) is 6.99. The highest BCUT2D eigenvalue weighted by Gasteiger charge is 2.26. The van der Waals surface area contributed by atoms with Crippen molar-refractivity contribution in [2.24, 2.45) is 0 Å². The van der Waals surface area contributed by atoms with Crippen LogP contribution in [0.3, 0.4) is 0 Å². The summed E-state index contributed by atoms with van der Waals surface area (Å²) in [7, 11) is 0. The average Bonchev–Trinajstić information content (AvgIpc) is 3.04. The first kappa shape index (κ1) is 17.3. The van der Waals surface area contributed by atoms with Gasteiger partial charge in [-0.3, -0.25) is 4.79 Å². The number of pyridine rings is 1. The summed E-state index contributed by atoms with van der Waals surface area (Å²) in [6, 6.07) is 22.8. The van der Waals surface area contributed by atoms with E-state index in [9.17, 15) is 4.79 Å². The number of anilines is 3. The molecule has 2 aromatic carbocycles. The first-order chi connectivity index (χ1) is 13.2. The SMILES string of the molecule is CC1Cc2ccccc2N1c1ccc(NC(=O)CCc2ccccc2)nc1. The highest BCUT2D eigenvalue weighted by atomic mass is 16.1. The van der Waals surface area contributed by atoms with Gasteiger partial charge in [0.25, 0.3) is 0 Å². The summed E-state index contributed by atoms with van der Waals surface area (Å²) in [5, 5.41) is 2.89. The Bertz CT molecular complexity index is 922. The summed E-state index contributed by atoms with van der Waals surface area (Å²) in [4.78, 5) is 18.9. The van der Waals surface area contributed by atoms with Crippen molar-refractivity contribution in [2.45, 2.75) is 32.2 Å². The molecular formula is C23H23N3O. The Kier molecular flexibility index (Phi) is 4.88. The van der Waals surface area contributed by atoms with Gasteiger partial charge >= 0.3 is 0 Å². The van der Waals surface area contributed by atoms with Gasteiger partial charge in [-0.2, -0.15) is 0 Å². The monoisotopic (exact) mass is 357 g/mol. The maximum Gasteiger partial charge on any atom is 0.225 e. The summed E-state index contributed by atoms with van der Waals surface area (Å²) in [5.74, 6) is 0.580. The van der Waals surface area contributed by atoms with Crippen molar-refractivity contribution in [1.29, 1.82) is 0 Å². The number of hydrogen-bond donors (Lipinski definition) is 1. The van der Waals surface area contributed by atoms with Gasteiger partial charge in [-0.15, -0.1) is 0 Å². The van der Waals surface area contributed by atoms with Gasteiger partial charge in [0.05, 0.1) is 11.9 Å². The first-order valence-electron chi connectivity index (χ1n) is 9.37. The third-order valence-corrected chi connectivity index (χ3v) is 4.98. The standard InChI is InChI=1S/C23H23N3O/c1-17-15-19-9-5-6-10-21(19)26(17)20-12-13-22(24-16-20)25-23(27)14-11-18-7-3-2-4-8-18/h2-10,12-13,16-17H,11,14-15H2,1H3,(H,24,25,27). The molecule has 4 nitrogen and oxygen atoms in total. The molecule has 0 aliphatic carbocycles. The molecule has 0 radical (unpaired) electrons. The number of nitrogens with zero attached hydrogens (tertiary/aromatic N) is 2. The molecule has 3 aromatic rings. The van der Waals surface area contributed by atoms with Crippen LogP contribution >= 0.6 is 0 Å². The van der Waals surface area contributed by atoms with Crippen molar-refractivity contribution in [3.63, 3.8) is 0 Å². The van der Waals surface area contributed by atoms with E-state index in [1.807, 2.05) is 48.7 Å². The number of rotatable bonds is 5. The fourth-order valence-corrected chi connectivity index (χ4v) is 3.67. The fourth-order valence-electron chi connectivity index (χ4n) is 3.67. The minimum Gasteiger partial charge on any atom is -0.337 e. The molecule has 0 saturated carbocycles. The van der Waals surface area contributed by atoms with E-state index in [1.54, 1.807) is 0 Å². The number of amides is 1. The lowest BCUT2D eigenvalue weighted by Crippen LogP contribution is -2.24. The predicted octanol–water partition coefficient (Wildman–Crippen LogP) is 4.74. The number of aryl methyl sites for hydroxylation is 1. The molecule has 4 rings (SSSR count). The summed E-state index contributed by atoms with van der Waals surface area (Å²) < 4.78 is 0. The van der Waals surface area contributed by atoms with Crippen molar-refractivity contribution in [1.82, 2.24) is 4.98 Å². The molecule has 1 amide bonds. The molecule has 1 aliphatic heterocycles. The maximum absolute atomic E-state index is 12.2. The van der Waals surface area contributed by atoms with Gasteiger partial charge < -0.3 is 10.2 Å². The average molecular weight is 357 g/mol. The zero-order chi connectivity index (χ0) is 18.6. The highest BCUT2D eigenvalue weighted by molar-refractivity contribution is 5.90. The molecule has 0 fully saturated rings. The zero-order valence-electron chi connectivity index (χ0n) is 15.4. The molecule has 0 bridgehead atoms. The molecule has 2 heterocycles. The van der Waals surface area contributed by atoms with Gasteiger partial charge in [-0.1, -0.05) is 48.5 Å². The number of fused-ring (bicyclic) bond motifs is 1. The van der Waals surface area contributed by atoms with E-state index in [2.05, 4.69) is 46.4 Å². The second kappa shape index (κ2) is 7.62. The van der Waals surface area contributed by atoms with Crippen molar-refractivity contribution < 1.29 is 4.79 Å². The van der Waals surface area contributed by atoms with Crippen LogP contribution in [0, 0.1) is 0 Å². The molecule has 0 spiro atoms. The summed E-state index contributed by atoms with van der Waals surface area (Å²) >= 11 is 0. The van der Waals surface area contributed by atoms with E-state index < -0.39 is 0 Å². The van der Waals surface area contributed by atoms with Crippen LogP contribution in [-0.4, -0.2) is 16.9 Å². The van der Waals surface area contributed by atoms with E-state index in [0.717, 1.165) is 24.1 Å². The van der Waals surface area contributed by atoms with E-state index in [0.29, 0.717) is 18.3 Å². The van der Waals surface area contributed by atoms with E-state index in [4.69, 9.17) is 0 Å². The van der Waals surface area contributed by atoms with Gasteiger partial charge in [0.15, 0.2) is 0 Å². The number of carbonyl (C=O) groups excluding carboxylic acids is 1. The van der Waals surface area contributed by atoms with E-state index >= 15 is 0 Å². The van der Waals surface area contributed by atoms with E-state index in [1.165, 1.54) is 11.3 Å². The van der Waals surface area contributed by atoms with Crippen LogP contribution in [-0.2, 0) is 17.6 Å². The van der Waals surface area contributed by atoms with Crippen molar-refractivity contribution in [3.05, 3.63) is 84.1 Å². The fraction of sp³-hybridized carbons (Fsp3) is 0.217. The normalized spacial score (nSPS) is 15.4. The first-order valence-corrected chi connectivity index (χ1v) is 9.37. The number of carbonyl (C=O) groups is 1. The molecule has 1 aromatic heterocycles. The molecule has 1 N–H and O–H groups in total. The van der Waals surface area contributed by atoms with Gasteiger partial charge in [0.1, 0.15) is 5.82 Å². The van der Waals surface area contributed by atoms with Crippen LogP contribution in [0.25, 0.3) is 0 Å². The van der Waals surface area contributed by atoms with Crippen molar-refractivity contribution >= 4 is 23.1 Å². The van der Waals surface area contributed by atoms with Gasteiger partial charge in [0, 0.05) is 18.2 Å². The van der Waals surface area contributed by atoms with Gasteiger partial charge in [-0.05, 0) is 49.1 Å². The Morgan fingerprint density at radius 3 is 2.63 bits per heavy atom. The second-order valence-electron chi connectivity index (χ2n) is 6.99. The highest BCUT2D eigenvalue weighted by Crippen LogP contribution is 2.37. The van der Waals surface area contributed by atoms with Crippen molar-refractivity contribution in [3.8, 4) is 0 Å². The smallest absolute Gasteiger partial charge is 0.225 e. The molecule has 4 heteroatoms. The molecule has 1 aliphatic rings. The van der Waals surface area contributed by atoms with Crippen molar-refractivity contribution in [2.75, 3.05) is 10.2 Å². The number of nitrogens with one attached hydrogen (secondary N) is 1. The number of aromatic nitrogens is 1.